The van der Waals surface area contributed by atoms with Gasteiger partial charge in [0.2, 0.25) is 0 Å². The first-order valence-corrected chi connectivity index (χ1v) is 34.5. The number of fused-ring (bicyclic) bond motifs is 11. The van der Waals surface area contributed by atoms with Crippen LogP contribution in [-0.4, -0.2) is 12.3 Å². The average Bonchev–Trinajstić information content (AvgIpc) is 1.55. The third-order valence-corrected chi connectivity index (χ3v) is 24.9. The molecule has 91 heavy (non-hydrogen) atoms. The van der Waals surface area contributed by atoms with E-state index >= 15 is 0 Å². The molecule has 0 amide bonds. The third-order valence-electron chi connectivity index (χ3n) is 24.9. The molecular weight excluding hydrogens is 1100 g/mol. The Morgan fingerprint density at radius 3 is 1.43 bits per heavy atom. The smallest absolute Gasteiger partial charge is 0.252 e. The van der Waals surface area contributed by atoms with Gasteiger partial charge >= 0.3 is 0 Å². The summed E-state index contributed by atoms with van der Waals surface area (Å²) in [5, 5.41) is 0. The monoisotopic (exact) mass is 1190 g/mol. The summed E-state index contributed by atoms with van der Waals surface area (Å²) in [6, 6.07) is 68.4. The second-order valence-corrected chi connectivity index (χ2v) is 34.4. The topological polar surface area (TPSA) is 9.72 Å². The molecule has 0 spiro atoms. The molecule has 0 N–H and O–H groups in total. The lowest BCUT2D eigenvalue weighted by molar-refractivity contribution is 0.195. The van der Waals surface area contributed by atoms with Gasteiger partial charge < -0.3 is 14.7 Å². The van der Waals surface area contributed by atoms with Gasteiger partial charge in [-0.1, -0.05) is 239 Å². The van der Waals surface area contributed by atoms with Gasteiger partial charge in [0.25, 0.3) is 6.71 Å². The quantitative estimate of drug-likeness (QED) is 0.159. The Kier molecular flexibility index (Phi) is 12.1. The molecule has 1 saturated carbocycles. The van der Waals surface area contributed by atoms with E-state index in [-0.39, 0.29) is 55.6 Å². The highest BCUT2D eigenvalue weighted by Gasteiger charge is 2.59. The van der Waals surface area contributed by atoms with Crippen LogP contribution in [-0.2, 0) is 43.3 Å². The number of benzene rings is 9. The fourth-order valence-corrected chi connectivity index (χ4v) is 20.4. The van der Waals surface area contributed by atoms with E-state index in [0.717, 1.165) is 25.7 Å². The maximum atomic E-state index is 2.88. The third kappa shape index (κ3) is 8.05. The van der Waals surface area contributed by atoms with Gasteiger partial charge in [0.05, 0.1) is 11.2 Å². The number of aryl methyl sites for hydroxylation is 1. The van der Waals surface area contributed by atoms with Crippen molar-refractivity contribution in [1.29, 1.82) is 0 Å². The molecule has 2 atom stereocenters. The highest BCUT2D eigenvalue weighted by atomic mass is 15.3. The minimum Gasteiger partial charge on any atom is -0.334 e. The van der Waals surface area contributed by atoms with Crippen molar-refractivity contribution in [3.05, 3.63) is 231 Å². The van der Waals surface area contributed by atoms with Crippen LogP contribution < -0.4 is 31.1 Å². The lowest BCUT2D eigenvalue weighted by Crippen LogP contribution is -2.62. The normalized spacial score (nSPS) is 22.4. The molecule has 4 aliphatic carbocycles. The highest BCUT2D eigenvalue weighted by Crippen LogP contribution is 2.64. The number of nitrogens with zero attached hydrogens (tertiary/aromatic N) is 3. The molecule has 3 aliphatic heterocycles. The predicted octanol–water partition coefficient (Wildman–Crippen LogP) is 21.3. The van der Waals surface area contributed by atoms with Crippen LogP contribution in [0.1, 0.15) is 217 Å². The zero-order valence-electron chi connectivity index (χ0n) is 57.8. The zero-order valence-corrected chi connectivity index (χ0v) is 57.8. The molecule has 16 rings (SSSR count). The van der Waals surface area contributed by atoms with Crippen molar-refractivity contribution in [1.82, 2.24) is 0 Å². The van der Waals surface area contributed by atoms with Crippen LogP contribution in [0, 0.1) is 6.92 Å². The van der Waals surface area contributed by atoms with Gasteiger partial charge in [-0.2, -0.15) is 0 Å². The highest BCUT2D eigenvalue weighted by molar-refractivity contribution is 7.00. The molecule has 0 radical (unpaired) electrons. The summed E-state index contributed by atoms with van der Waals surface area (Å²) in [7, 11) is 0. The molecule has 9 aromatic carbocycles. The lowest BCUT2D eigenvalue weighted by Gasteiger charge is -2.51. The number of hydrogen-bond donors (Lipinski definition) is 0. The molecule has 7 aliphatic rings. The number of hydrogen-bond acceptors (Lipinski definition) is 3. The van der Waals surface area contributed by atoms with E-state index in [4.69, 9.17) is 0 Å². The Labute approximate surface area is 545 Å². The predicted molar refractivity (Wildman–Crippen MR) is 390 cm³/mol. The molecule has 3 nitrogen and oxygen atoms in total. The van der Waals surface area contributed by atoms with Crippen LogP contribution in [0.15, 0.2) is 170 Å². The summed E-state index contributed by atoms with van der Waals surface area (Å²) in [4.78, 5) is 8.51. The molecule has 3 heterocycles. The average molecular weight is 1190 g/mol. The maximum Gasteiger partial charge on any atom is 0.252 e. The molecular formula is C87H94BN3. The standard InChI is InChI=1S/C87H94BN3/c1-53-41-62-64(82(9,10)51-80(62,5)6)48-73(53)90-74-49-65-63(81(7,8)52-83(65,11)12)46-69(74)88-70-47-66-67(85(15,16)61-34-26-25-33-60(61)84(66,13)14)50-75(70)89(71-38-36-57(79(2,3)4)43-59(71)55-31-23-20-24-32-55)76-44-58(45-77(90)78(76)88)91-72-37-35-56(54-29-21-19-22-30-54)42-68(72)86(17)39-27-28-40-87(86,91)18/h19-26,29-38,41-50H,27-28,39-40,51-52H2,1-18H3. The lowest BCUT2D eigenvalue weighted by atomic mass is 9.32. The molecule has 460 valence electrons. The van der Waals surface area contributed by atoms with Gasteiger partial charge in [-0.3, -0.25) is 0 Å². The van der Waals surface area contributed by atoms with Crippen LogP contribution in [0.25, 0.3) is 22.3 Å². The molecule has 2 unspecified atom stereocenters. The van der Waals surface area contributed by atoms with E-state index in [1.165, 1.54) is 158 Å². The van der Waals surface area contributed by atoms with E-state index in [0.29, 0.717) is 0 Å². The Bertz CT molecular complexity index is 4580. The maximum absolute atomic E-state index is 2.88. The Morgan fingerprint density at radius 2 is 0.846 bits per heavy atom. The Balaban J connectivity index is 1.09. The summed E-state index contributed by atoms with van der Waals surface area (Å²) in [6.07, 6.45) is 6.86. The SMILES string of the molecule is Cc1cc2c(cc1N1c3cc4c(cc3B3c5cc6c(cc5N(c5ccc(C(C)(C)C)cc5-c5ccccc5)c5cc(N7c8ccc(-c9ccccc9)cc8C8(C)CCCCC78C)cc1c53)C(C)(C)c1ccccc1C6(C)C)C(C)(C)CC4(C)C)C(C)(C)CC2(C)C. The van der Waals surface area contributed by atoms with E-state index < -0.39 is 0 Å². The minimum absolute atomic E-state index is 0.00730. The van der Waals surface area contributed by atoms with E-state index in [1.54, 1.807) is 0 Å². The molecule has 1 fully saturated rings. The van der Waals surface area contributed by atoms with Crippen molar-refractivity contribution < 1.29 is 0 Å². The van der Waals surface area contributed by atoms with Crippen molar-refractivity contribution in [2.45, 2.75) is 212 Å². The van der Waals surface area contributed by atoms with Crippen molar-refractivity contribution in [2.75, 3.05) is 14.7 Å². The van der Waals surface area contributed by atoms with E-state index in [2.05, 4.69) is 309 Å². The first kappa shape index (κ1) is 58.5. The summed E-state index contributed by atoms with van der Waals surface area (Å²) in [6.45, 7) is 44.7. The molecule has 0 bridgehead atoms. The van der Waals surface area contributed by atoms with Crippen molar-refractivity contribution >= 4 is 68.6 Å². The summed E-state index contributed by atoms with van der Waals surface area (Å²) >= 11 is 0. The Hall–Kier alpha value is -7.56. The first-order valence-electron chi connectivity index (χ1n) is 34.5. The summed E-state index contributed by atoms with van der Waals surface area (Å²) < 4.78 is 0. The van der Waals surface area contributed by atoms with Gasteiger partial charge in [0, 0.05) is 61.6 Å². The molecule has 0 saturated heterocycles. The van der Waals surface area contributed by atoms with Crippen LogP contribution in [0.5, 0.6) is 0 Å². The van der Waals surface area contributed by atoms with Crippen molar-refractivity contribution in [3.8, 4) is 22.3 Å². The van der Waals surface area contributed by atoms with Crippen LogP contribution in [0.2, 0.25) is 0 Å². The number of anilines is 8. The molecule has 4 heteroatoms. The fraction of sp³-hybridized carbons (Fsp3) is 0.379. The zero-order chi connectivity index (χ0) is 63.9. The second kappa shape index (κ2) is 18.8. The second-order valence-electron chi connectivity index (χ2n) is 34.4. The largest absolute Gasteiger partial charge is 0.334 e. The van der Waals surface area contributed by atoms with Crippen LogP contribution in [0.3, 0.4) is 0 Å². The first-order chi connectivity index (χ1) is 42.9. The van der Waals surface area contributed by atoms with Gasteiger partial charge in [0.1, 0.15) is 0 Å². The van der Waals surface area contributed by atoms with Gasteiger partial charge in [-0.15, -0.1) is 0 Å². The minimum atomic E-state index is -0.281. The van der Waals surface area contributed by atoms with Gasteiger partial charge in [-0.25, -0.2) is 0 Å². The summed E-state index contributed by atoms with van der Waals surface area (Å²) in [5.74, 6) is 0. The fourth-order valence-electron chi connectivity index (χ4n) is 20.4. The number of rotatable bonds is 5. The summed E-state index contributed by atoms with van der Waals surface area (Å²) in [5.41, 5.74) is 34.4. The van der Waals surface area contributed by atoms with E-state index in [9.17, 15) is 0 Å². The van der Waals surface area contributed by atoms with Crippen molar-refractivity contribution in [2.24, 2.45) is 0 Å². The van der Waals surface area contributed by atoms with Crippen LogP contribution in [0.4, 0.5) is 45.5 Å². The molecule has 0 aromatic heterocycles. The Morgan fingerprint density at radius 1 is 0.374 bits per heavy atom. The van der Waals surface area contributed by atoms with Crippen LogP contribution >= 0.6 is 0 Å². The van der Waals surface area contributed by atoms with Gasteiger partial charge in [-0.05, 0) is 215 Å². The van der Waals surface area contributed by atoms with Crippen molar-refractivity contribution in [3.63, 3.8) is 0 Å². The molecule has 9 aromatic rings. The van der Waals surface area contributed by atoms with E-state index in [1.807, 2.05) is 0 Å². The van der Waals surface area contributed by atoms with Gasteiger partial charge in [0.15, 0.2) is 0 Å².